The lowest BCUT2D eigenvalue weighted by Gasteiger charge is -2.22. The van der Waals surface area contributed by atoms with Crippen molar-refractivity contribution in [3.8, 4) is 11.8 Å². The van der Waals surface area contributed by atoms with E-state index in [1.807, 2.05) is 27.7 Å². The maximum Gasteiger partial charge on any atom is 0.312 e. The van der Waals surface area contributed by atoms with Gasteiger partial charge in [-0.25, -0.2) is 0 Å². The lowest BCUT2D eigenvalue weighted by Crippen LogP contribution is -2.27. The average molecular weight is 591 g/mol. The molecule has 0 N–H and O–H groups in total. The van der Waals surface area contributed by atoms with Gasteiger partial charge in [0.15, 0.2) is 6.61 Å². The normalized spacial score (nSPS) is 11.6. The summed E-state index contributed by atoms with van der Waals surface area (Å²) in [5, 5.41) is 0. The minimum atomic E-state index is -0.527. The summed E-state index contributed by atoms with van der Waals surface area (Å²) in [6.45, 7) is 12.9. The fourth-order valence-corrected chi connectivity index (χ4v) is 4.96. The Morgan fingerprint density at radius 1 is 0.524 bits per heavy atom. The van der Waals surface area contributed by atoms with E-state index in [4.69, 9.17) is 9.47 Å². The van der Waals surface area contributed by atoms with Crippen LogP contribution in [-0.2, 0) is 23.9 Å². The van der Waals surface area contributed by atoms with Crippen molar-refractivity contribution in [2.75, 3.05) is 13.2 Å². The topological polar surface area (TPSA) is 69.7 Å². The number of hydrogen-bond acceptors (Lipinski definition) is 5. The fourth-order valence-electron chi connectivity index (χ4n) is 4.96. The van der Waals surface area contributed by atoms with E-state index in [2.05, 4.69) is 25.7 Å². The third-order valence-corrected chi connectivity index (χ3v) is 8.16. The van der Waals surface area contributed by atoms with Crippen molar-refractivity contribution in [3.63, 3.8) is 0 Å². The predicted octanol–water partition coefficient (Wildman–Crippen LogP) is 10.3. The molecule has 0 aliphatic heterocycles. The van der Waals surface area contributed by atoms with Crippen molar-refractivity contribution in [1.82, 2.24) is 0 Å². The Hall–Kier alpha value is -1.83. The van der Waals surface area contributed by atoms with Crippen molar-refractivity contribution in [2.24, 2.45) is 10.8 Å². The molecule has 0 aromatic heterocycles. The van der Waals surface area contributed by atoms with Crippen molar-refractivity contribution < 1.29 is 23.9 Å². The van der Waals surface area contributed by atoms with Crippen molar-refractivity contribution in [2.45, 2.75) is 183 Å². The lowest BCUT2D eigenvalue weighted by atomic mass is 9.86. The first-order valence-electron chi connectivity index (χ1n) is 17.4. The van der Waals surface area contributed by atoms with Crippen LogP contribution in [0.15, 0.2) is 0 Å². The van der Waals surface area contributed by atoms with Gasteiger partial charge in [-0.3, -0.25) is 14.4 Å². The Balaban J connectivity index is 3.86. The molecule has 0 rings (SSSR count). The van der Waals surface area contributed by atoms with E-state index in [-0.39, 0.29) is 18.5 Å². The zero-order valence-electron chi connectivity index (χ0n) is 28.5. The molecule has 0 bridgehead atoms. The highest BCUT2D eigenvalue weighted by atomic mass is 16.5. The van der Waals surface area contributed by atoms with E-state index in [1.165, 1.54) is 51.4 Å². The van der Waals surface area contributed by atoms with E-state index < -0.39 is 10.8 Å². The van der Waals surface area contributed by atoms with Crippen LogP contribution >= 0.6 is 0 Å². The van der Waals surface area contributed by atoms with Gasteiger partial charge in [0.05, 0.1) is 17.4 Å². The Morgan fingerprint density at radius 2 is 0.976 bits per heavy atom. The molecule has 0 amide bonds. The number of carbonyl (C=O) groups excluding carboxylic acids is 3. The van der Waals surface area contributed by atoms with E-state index in [0.29, 0.717) is 25.2 Å². The van der Waals surface area contributed by atoms with E-state index in [9.17, 15) is 14.4 Å². The van der Waals surface area contributed by atoms with Gasteiger partial charge in [0.1, 0.15) is 5.78 Å². The molecular formula is C37H66O5. The SMILES string of the molecule is CCCCCCC#CCOC(=O)C(C)(C)CCCCCC(=O)CCCCCC(C)(C)C(=O)OCCCCCCCCC. The summed E-state index contributed by atoms with van der Waals surface area (Å²) in [6, 6.07) is 0. The van der Waals surface area contributed by atoms with Gasteiger partial charge in [0.25, 0.3) is 0 Å². The standard InChI is InChI=1S/C37H66O5/c1-7-9-11-13-15-17-25-31-41-34(39)36(3,4)29-23-19-21-27-33(38)28-22-20-24-30-37(5,6)35(40)42-32-26-18-16-14-12-10-8-2/h7-17,19-25,27-32H2,1-6H3. The monoisotopic (exact) mass is 590 g/mol. The smallest absolute Gasteiger partial charge is 0.312 e. The number of carbonyl (C=O) groups is 3. The van der Waals surface area contributed by atoms with Crippen LogP contribution in [0.3, 0.4) is 0 Å². The first-order valence-corrected chi connectivity index (χ1v) is 17.4. The third kappa shape index (κ3) is 22.7. The van der Waals surface area contributed by atoms with E-state index in [0.717, 1.165) is 77.0 Å². The minimum absolute atomic E-state index is 0.0946. The summed E-state index contributed by atoms with van der Waals surface area (Å²) in [5.41, 5.74) is -0.993. The Morgan fingerprint density at radius 3 is 1.52 bits per heavy atom. The molecule has 0 atom stereocenters. The van der Waals surface area contributed by atoms with Crippen LogP contribution in [0.5, 0.6) is 0 Å². The van der Waals surface area contributed by atoms with Crippen LogP contribution < -0.4 is 0 Å². The number of hydrogen-bond donors (Lipinski definition) is 0. The maximum absolute atomic E-state index is 12.5. The van der Waals surface area contributed by atoms with Crippen LogP contribution in [0.25, 0.3) is 0 Å². The molecule has 244 valence electrons. The molecule has 0 unspecified atom stereocenters. The Kier molecular flexibility index (Phi) is 24.5. The zero-order chi connectivity index (χ0) is 31.5. The number of ketones is 1. The summed E-state index contributed by atoms with van der Waals surface area (Å²) in [6.07, 6.45) is 22.4. The summed E-state index contributed by atoms with van der Waals surface area (Å²) in [4.78, 5) is 37.2. The van der Waals surface area contributed by atoms with Gasteiger partial charge in [-0.05, 0) is 66.2 Å². The second-order valence-corrected chi connectivity index (χ2v) is 13.4. The molecule has 5 nitrogen and oxygen atoms in total. The molecule has 0 fully saturated rings. The third-order valence-electron chi connectivity index (χ3n) is 8.16. The summed E-state index contributed by atoms with van der Waals surface area (Å²) in [5.74, 6) is 6.08. The molecule has 0 heterocycles. The Labute approximate surface area is 260 Å². The molecule has 5 heteroatoms. The highest BCUT2D eigenvalue weighted by molar-refractivity contribution is 5.78. The van der Waals surface area contributed by atoms with Crippen LogP contribution in [0, 0.1) is 22.7 Å². The highest BCUT2D eigenvalue weighted by Crippen LogP contribution is 2.27. The molecule has 0 saturated heterocycles. The van der Waals surface area contributed by atoms with Gasteiger partial charge in [-0.2, -0.15) is 0 Å². The van der Waals surface area contributed by atoms with Gasteiger partial charge in [-0.15, -0.1) is 0 Å². The molecule has 0 aliphatic carbocycles. The maximum atomic E-state index is 12.5. The number of esters is 2. The summed E-state index contributed by atoms with van der Waals surface area (Å²) >= 11 is 0. The van der Waals surface area contributed by atoms with Crippen molar-refractivity contribution in [1.29, 1.82) is 0 Å². The Bertz CT molecular complexity index is 771. The number of ether oxygens (including phenoxy) is 2. The summed E-state index contributed by atoms with van der Waals surface area (Å²) in [7, 11) is 0. The quantitative estimate of drug-likeness (QED) is 0.0541. The molecule has 0 saturated carbocycles. The zero-order valence-corrected chi connectivity index (χ0v) is 28.5. The minimum Gasteiger partial charge on any atom is -0.465 e. The first-order chi connectivity index (χ1) is 20.1. The van der Waals surface area contributed by atoms with Gasteiger partial charge < -0.3 is 9.47 Å². The van der Waals surface area contributed by atoms with Gasteiger partial charge >= 0.3 is 11.9 Å². The van der Waals surface area contributed by atoms with Gasteiger partial charge in [0, 0.05) is 19.3 Å². The number of Topliss-reactive ketones (excluding diaryl/α,β-unsaturated/α-hetero) is 1. The largest absolute Gasteiger partial charge is 0.465 e. The lowest BCUT2D eigenvalue weighted by molar-refractivity contribution is -0.154. The fraction of sp³-hybridized carbons (Fsp3) is 0.865. The van der Waals surface area contributed by atoms with E-state index in [1.54, 1.807) is 0 Å². The molecular weight excluding hydrogens is 524 g/mol. The average Bonchev–Trinajstić information content (AvgIpc) is 2.95. The summed E-state index contributed by atoms with van der Waals surface area (Å²) < 4.78 is 10.9. The molecule has 0 spiro atoms. The predicted molar refractivity (Wildman–Crippen MR) is 175 cm³/mol. The van der Waals surface area contributed by atoms with Gasteiger partial charge in [0.2, 0.25) is 0 Å². The van der Waals surface area contributed by atoms with Crippen LogP contribution in [-0.4, -0.2) is 30.9 Å². The molecule has 0 radical (unpaired) electrons. The van der Waals surface area contributed by atoms with Crippen LogP contribution in [0.2, 0.25) is 0 Å². The second-order valence-electron chi connectivity index (χ2n) is 13.4. The number of rotatable bonds is 27. The first kappa shape index (κ1) is 40.2. The van der Waals surface area contributed by atoms with Crippen LogP contribution in [0.1, 0.15) is 183 Å². The molecule has 0 aliphatic rings. The van der Waals surface area contributed by atoms with E-state index >= 15 is 0 Å². The molecule has 42 heavy (non-hydrogen) atoms. The second kappa shape index (κ2) is 25.6. The molecule has 0 aromatic carbocycles. The van der Waals surface area contributed by atoms with Gasteiger partial charge in [-0.1, -0.05) is 109 Å². The van der Waals surface area contributed by atoms with Crippen molar-refractivity contribution >= 4 is 17.7 Å². The van der Waals surface area contributed by atoms with Crippen LogP contribution in [0.4, 0.5) is 0 Å². The number of unbranched alkanes of at least 4 members (excludes halogenated alkanes) is 14. The highest BCUT2D eigenvalue weighted by Gasteiger charge is 2.29. The van der Waals surface area contributed by atoms with Crippen molar-refractivity contribution in [3.05, 3.63) is 0 Å². The molecule has 0 aromatic rings.